The van der Waals surface area contributed by atoms with Crippen molar-refractivity contribution in [1.82, 2.24) is 14.7 Å². The third-order valence-corrected chi connectivity index (χ3v) is 6.06. The Kier molecular flexibility index (Phi) is 6.37. The number of nitrogens with zero attached hydrogens (tertiary/aromatic N) is 3. The second-order valence-electron chi connectivity index (χ2n) is 8.70. The molecule has 4 rings (SSSR count). The molecule has 3 heterocycles. The molecule has 7 heteroatoms. The normalized spacial score (nSPS) is 14.9. The quantitative estimate of drug-likeness (QED) is 0.636. The summed E-state index contributed by atoms with van der Waals surface area (Å²) in [5.74, 6) is 1.25. The van der Waals surface area contributed by atoms with Crippen LogP contribution in [0.4, 0.5) is 5.69 Å². The molecule has 1 saturated heterocycles. The van der Waals surface area contributed by atoms with Crippen LogP contribution in [0.25, 0.3) is 16.9 Å². The highest BCUT2D eigenvalue weighted by atomic mass is 16.5. The molecule has 0 spiro atoms. The Balaban J connectivity index is 1.65. The number of anilines is 1. The average Bonchev–Trinajstić information content (AvgIpc) is 2.78. The molecule has 0 bridgehead atoms. The van der Waals surface area contributed by atoms with Crippen molar-refractivity contribution in [3.05, 3.63) is 52.4 Å². The highest BCUT2D eigenvalue weighted by molar-refractivity contribution is 5.67. The van der Waals surface area contributed by atoms with Crippen LogP contribution in [0.3, 0.4) is 0 Å². The van der Waals surface area contributed by atoms with Gasteiger partial charge in [-0.3, -0.25) is 9.20 Å². The van der Waals surface area contributed by atoms with E-state index in [2.05, 4.69) is 31.0 Å². The molecule has 0 aliphatic carbocycles. The van der Waals surface area contributed by atoms with Gasteiger partial charge in [-0.15, -0.1) is 0 Å². The van der Waals surface area contributed by atoms with Crippen LogP contribution in [0, 0.1) is 6.92 Å². The molecule has 0 unspecified atom stereocenters. The maximum Gasteiger partial charge on any atom is 0.258 e. The predicted molar refractivity (Wildman–Crippen MR) is 128 cm³/mol. The summed E-state index contributed by atoms with van der Waals surface area (Å²) in [4.78, 5) is 20.2. The maximum absolute atomic E-state index is 13.0. The number of nitrogens with one attached hydrogen (secondary N) is 1. The fourth-order valence-corrected chi connectivity index (χ4v) is 4.47. The summed E-state index contributed by atoms with van der Waals surface area (Å²) in [5.41, 5.74) is 4.18. The average molecular weight is 437 g/mol. The van der Waals surface area contributed by atoms with Gasteiger partial charge in [-0.2, -0.15) is 0 Å². The largest absolute Gasteiger partial charge is 0.493 e. The number of aromatic nitrogens is 2. The van der Waals surface area contributed by atoms with Crippen molar-refractivity contribution in [2.24, 2.45) is 0 Å². The molecule has 1 aliphatic heterocycles. The first-order valence-corrected chi connectivity index (χ1v) is 11.2. The Morgan fingerprint density at radius 3 is 2.44 bits per heavy atom. The van der Waals surface area contributed by atoms with E-state index in [1.807, 2.05) is 30.5 Å². The van der Waals surface area contributed by atoms with E-state index >= 15 is 0 Å². The van der Waals surface area contributed by atoms with Crippen LogP contribution in [0.2, 0.25) is 0 Å². The Bertz CT molecular complexity index is 1160. The van der Waals surface area contributed by atoms with E-state index < -0.39 is 0 Å². The predicted octanol–water partition coefficient (Wildman–Crippen LogP) is 3.65. The number of hydrogen-bond acceptors (Lipinski definition) is 6. The first kappa shape index (κ1) is 22.1. The van der Waals surface area contributed by atoms with Gasteiger partial charge in [-0.25, -0.2) is 4.98 Å². The second kappa shape index (κ2) is 9.20. The molecule has 1 N–H and O–H groups in total. The smallest absolute Gasteiger partial charge is 0.258 e. The van der Waals surface area contributed by atoms with Crippen molar-refractivity contribution in [2.45, 2.75) is 45.7 Å². The van der Waals surface area contributed by atoms with E-state index in [-0.39, 0.29) is 5.56 Å². The van der Waals surface area contributed by atoms with Gasteiger partial charge >= 0.3 is 0 Å². The molecule has 3 aromatic rings. The summed E-state index contributed by atoms with van der Waals surface area (Å²) < 4.78 is 12.4. The van der Waals surface area contributed by atoms with Crippen LogP contribution < -0.4 is 25.2 Å². The summed E-state index contributed by atoms with van der Waals surface area (Å²) in [7, 11) is 3.19. The minimum absolute atomic E-state index is 0.0996. The zero-order chi connectivity index (χ0) is 22.8. The molecule has 1 fully saturated rings. The molecule has 2 aromatic heterocycles. The Hall–Kier alpha value is -3.06. The Morgan fingerprint density at radius 2 is 1.78 bits per heavy atom. The van der Waals surface area contributed by atoms with Crippen LogP contribution in [-0.2, 0) is 0 Å². The van der Waals surface area contributed by atoms with Gasteiger partial charge in [0.05, 0.1) is 25.6 Å². The van der Waals surface area contributed by atoms with Crippen LogP contribution in [-0.4, -0.2) is 48.8 Å². The standard InChI is InChI=1S/C25H32N4O3/c1-16(2)26-19-8-10-28(11-9-19)21-15-29-24(12-17(21)3)27-20(14-25(29)30)18-6-7-22(31-4)23(13-18)32-5/h6-7,12-16,19,26H,8-11H2,1-5H3. The first-order chi connectivity index (χ1) is 15.4. The number of methoxy groups -OCH3 is 2. The lowest BCUT2D eigenvalue weighted by Gasteiger charge is -2.35. The SMILES string of the molecule is COc1ccc(-c2cc(=O)n3cc(N4CCC(NC(C)C)CC4)c(C)cc3n2)cc1OC. The lowest BCUT2D eigenvalue weighted by atomic mass is 10.0. The van der Waals surface area contributed by atoms with Gasteiger partial charge in [0.25, 0.3) is 5.56 Å². The topological polar surface area (TPSA) is 68.1 Å². The lowest BCUT2D eigenvalue weighted by Crippen LogP contribution is -2.45. The molecular formula is C25H32N4O3. The number of hydrogen-bond donors (Lipinski definition) is 1. The summed E-state index contributed by atoms with van der Waals surface area (Å²) in [5, 5.41) is 3.64. The Morgan fingerprint density at radius 1 is 1.06 bits per heavy atom. The van der Waals surface area contributed by atoms with Crippen LogP contribution in [0.1, 0.15) is 32.3 Å². The Labute approximate surface area is 189 Å². The van der Waals surface area contributed by atoms with Gasteiger partial charge < -0.3 is 19.7 Å². The number of aryl methyl sites for hydroxylation is 1. The van der Waals surface area contributed by atoms with Crippen molar-refractivity contribution in [1.29, 1.82) is 0 Å². The minimum Gasteiger partial charge on any atom is -0.493 e. The minimum atomic E-state index is -0.0996. The summed E-state index contributed by atoms with van der Waals surface area (Å²) >= 11 is 0. The van der Waals surface area contributed by atoms with E-state index in [1.54, 1.807) is 24.7 Å². The van der Waals surface area contributed by atoms with E-state index in [9.17, 15) is 4.79 Å². The van der Waals surface area contributed by atoms with Gasteiger partial charge in [0, 0.05) is 43.0 Å². The molecule has 7 nitrogen and oxygen atoms in total. The number of pyridine rings is 1. The third-order valence-electron chi connectivity index (χ3n) is 6.06. The molecule has 32 heavy (non-hydrogen) atoms. The molecule has 1 aliphatic rings. The van der Waals surface area contributed by atoms with Gasteiger partial charge in [-0.05, 0) is 49.6 Å². The van der Waals surface area contributed by atoms with E-state index in [4.69, 9.17) is 14.5 Å². The lowest BCUT2D eigenvalue weighted by molar-refractivity contribution is 0.355. The fraction of sp³-hybridized carbons (Fsp3) is 0.440. The molecule has 0 atom stereocenters. The molecule has 0 amide bonds. The monoisotopic (exact) mass is 436 g/mol. The third kappa shape index (κ3) is 4.43. The maximum atomic E-state index is 13.0. The summed E-state index contributed by atoms with van der Waals surface area (Å²) in [6, 6.07) is 10.2. The van der Waals surface area contributed by atoms with E-state index in [1.165, 1.54) is 0 Å². The second-order valence-corrected chi connectivity index (χ2v) is 8.70. The van der Waals surface area contributed by atoms with Crippen molar-refractivity contribution >= 4 is 11.3 Å². The van der Waals surface area contributed by atoms with Crippen molar-refractivity contribution in [3.8, 4) is 22.8 Å². The molecule has 0 saturated carbocycles. The van der Waals surface area contributed by atoms with Gasteiger partial charge in [0.2, 0.25) is 0 Å². The zero-order valence-corrected chi connectivity index (χ0v) is 19.5. The number of rotatable bonds is 6. The van der Waals surface area contributed by atoms with Crippen molar-refractivity contribution < 1.29 is 9.47 Å². The highest BCUT2D eigenvalue weighted by Crippen LogP contribution is 2.32. The fourth-order valence-electron chi connectivity index (χ4n) is 4.47. The van der Waals surface area contributed by atoms with Gasteiger partial charge in [0.15, 0.2) is 11.5 Å². The number of benzene rings is 1. The first-order valence-electron chi connectivity index (χ1n) is 11.2. The molecule has 170 valence electrons. The summed E-state index contributed by atoms with van der Waals surface area (Å²) in [6.45, 7) is 8.42. The van der Waals surface area contributed by atoms with Crippen molar-refractivity contribution in [3.63, 3.8) is 0 Å². The highest BCUT2D eigenvalue weighted by Gasteiger charge is 2.21. The van der Waals surface area contributed by atoms with Crippen LogP contribution in [0.5, 0.6) is 11.5 Å². The van der Waals surface area contributed by atoms with E-state index in [0.29, 0.717) is 34.9 Å². The molecule has 1 aromatic carbocycles. The zero-order valence-electron chi connectivity index (χ0n) is 19.5. The van der Waals surface area contributed by atoms with Crippen LogP contribution in [0.15, 0.2) is 41.3 Å². The number of fused-ring (bicyclic) bond motifs is 1. The number of ether oxygens (including phenoxy) is 2. The van der Waals surface area contributed by atoms with Crippen LogP contribution >= 0.6 is 0 Å². The molecular weight excluding hydrogens is 404 g/mol. The van der Waals surface area contributed by atoms with E-state index in [0.717, 1.165) is 42.7 Å². The van der Waals surface area contributed by atoms with Gasteiger partial charge in [-0.1, -0.05) is 13.8 Å². The molecule has 0 radical (unpaired) electrons. The van der Waals surface area contributed by atoms with Crippen molar-refractivity contribution in [2.75, 3.05) is 32.2 Å². The number of piperidine rings is 1. The summed E-state index contributed by atoms with van der Waals surface area (Å²) in [6.07, 6.45) is 4.14. The van der Waals surface area contributed by atoms with Gasteiger partial charge in [0.1, 0.15) is 5.65 Å².